The first kappa shape index (κ1) is 12.8. The fourth-order valence-corrected chi connectivity index (χ4v) is 1.64. The van der Waals surface area contributed by atoms with Crippen LogP contribution in [0.4, 0.5) is 0 Å². The highest BCUT2D eigenvalue weighted by atomic mass is 31.1. The summed E-state index contributed by atoms with van der Waals surface area (Å²) in [5, 5.41) is 0.693. The van der Waals surface area contributed by atoms with Crippen LogP contribution in [0.1, 0.15) is 40.5 Å². The zero-order chi connectivity index (χ0) is 10.5. The van der Waals surface area contributed by atoms with E-state index in [1.165, 1.54) is 0 Å². The average molecular weight is 203 g/mol. The molecule has 0 aliphatic rings. The van der Waals surface area contributed by atoms with Crippen molar-refractivity contribution >= 4 is 8.03 Å². The summed E-state index contributed by atoms with van der Waals surface area (Å²) in [6.45, 7) is 12.4. The molecule has 1 atom stereocenters. The van der Waals surface area contributed by atoms with Gasteiger partial charge in [-0.15, -0.1) is 4.52 Å². The van der Waals surface area contributed by atoms with E-state index in [0.29, 0.717) is 11.9 Å². The van der Waals surface area contributed by atoms with Crippen molar-refractivity contribution < 1.29 is 9.09 Å². The predicted octanol–water partition coefficient (Wildman–Crippen LogP) is 4.11. The molecule has 0 saturated carbocycles. The van der Waals surface area contributed by atoms with E-state index in [0.717, 1.165) is 12.8 Å². The van der Waals surface area contributed by atoms with E-state index in [9.17, 15) is 4.57 Å². The van der Waals surface area contributed by atoms with Gasteiger partial charge in [-0.25, -0.2) is 0 Å². The van der Waals surface area contributed by atoms with Crippen molar-refractivity contribution in [2.75, 3.05) is 6.61 Å². The lowest BCUT2D eigenvalue weighted by Crippen LogP contribution is -2.06. The molecule has 0 rings (SSSR count). The highest BCUT2D eigenvalue weighted by Gasteiger charge is 2.34. The van der Waals surface area contributed by atoms with Crippen LogP contribution in [0.25, 0.3) is 0 Å². The van der Waals surface area contributed by atoms with Gasteiger partial charge in [-0.1, -0.05) is 34.1 Å². The number of hydrogen-bond acceptors (Lipinski definition) is 2. The molecule has 0 aromatic rings. The van der Waals surface area contributed by atoms with Gasteiger partial charge in [-0.2, -0.15) is 0 Å². The molecule has 0 fully saturated rings. The molecule has 0 N–H and O–H groups in total. The van der Waals surface area contributed by atoms with Crippen LogP contribution in [0.15, 0.2) is 11.9 Å². The third-order valence-electron chi connectivity index (χ3n) is 1.79. The van der Waals surface area contributed by atoms with Gasteiger partial charge in [0, 0.05) is 5.41 Å². The Hall–Kier alpha value is -0.200. The van der Waals surface area contributed by atoms with E-state index in [4.69, 9.17) is 4.52 Å². The molecule has 0 saturated heterocycles. The topological polar surface area (TPSA) is 26.3 Å². The zero-order valence-electron chi connectivity index (χ0n) is 9.09. The second-order valence-electron chi connectivity index (χ2n) is 4.14. The van der Waals surface area contributed by atoms with Gasteiger partial charge in [0.05, 0.1) is 0 Å². The molecule has 0 aliphatic carbocycles. The smallest absolute Gasteiger partial charge is 0.142 e. The SMILES string of the molecule is C=C([P+](=O)OCCCC)C(C)(C)C. The van der Waals surface area contributed by atoms with Crippen molar-refractivity contribution in [2.24, 2.45) is 5.41 Å². The van der Waals surface area contributed by atoms with E-state index in [1.54, 1.807) is 0 Å². The lowest BCUT2D eigenvalue weighted by Gasteiger charge is -2.11. The lowest BCUT2D eigenvalue weighted by atomic mass is 9.97. The lowest BCUT2D eigenvalue weighted by molar-refractivity contribution is 0.319. The van der Waals surface area contributed by atoms with Crippen LogP contribution in [0.5, 0.6) is 0 Å². The van der Waals surface area contributed by atoms with Gasteiger partial charge < -0.3 is 0 Å². The summed E-state index contributed by atoms with van der Waals surface area (Å²) >= 11 is 0. The fraction of sp³-hybridized carbons (Fsp3) is 0.800. The highest BCUT2D eigenvalue weighted by Crippen LogP contribution is 2.43. The molecule has 0 radical (unpaired) electrons. The summed E-state index contributed by atoms with van der Waals surface area (Å²) in [7, 11) is -1.69. The average Bonchev–Trinajstić information content (AvgIpc) is 2.01. The standard InChI is InChI=1S/C10H20O2P/c1-6-7-8-12-13(11)9(2)10(3,4)5/h2,6-8H2,1,3-5H3/q+1. The van der Waals surface area contributed by atoms with Crippen LogP contribution < -0.4 is 0 Å². The van der Waals surface area contributed by atoms with Gasteiger partial charge in [0.2, 0.25) is 0 Å². The molecular weight excluding hydrogens is 183 g/mol. The molecule has 3 heteroatoms. The summed E-state index contributed by atoms with van der Waals surface area (Å²) in [5.41, 5.74) is -0.125. The minimum Gasteiger partial charge on any atom is -0.142 e. The van der Waals surface area contributed by atoms with Gasteiger partial charge in [0.1, 0.15) is 6.61 Å². The number of unbranched alkanes of at least 4 members (excludes halogenated alkanes) is 1. The Bertz CT molecular complexity index is 192. The maximum atomic E-state index is 11.5. The molecule has 0 aliphatic heterocycles. The zero-order valence-corrected chi connectivity index (χ0v) is 9.99. The van der Waals surface area contributed by atoms with Crippen molar-refractivity contribution in [1.82, 2.24) is 0 Å². The van der Waals surface area contributed by atoms with Crippen LogP contribution in [0.3, 0.4) is 0 Å². The second-order valence-corrected chi connectivity index (χ2v) is 5.45. The summed E-state index contributed by atoms with van der Waals surface area (Å²) in [6.07, 6.45) is 2.02. The molecule has 0 spiro atoms. The Balaban J connectivity index is 3.92. The summed E-state index contributed by atoms with van der Waals surface area (Å²) < 4.78 is 16.7. The number of hydrogen-bond donors (Lipinski definition) is 0. The van der Waals surface area contributed by atoms with Gasteiger partial charge >= 0.3 is 8.03 Å². The summed E-state index contributed by atoms with van der Waals surface area (Å²) in [5.74, 6) is 0. The Morgan fingerprint density at radius 3 is 2.38 bits per heavy atom. The Kier molecular flexibility index (Phi) is 5.43. The van der Waals surface area contributed by atoms with Crippen LogP contribution in [-0.4, -0.2) is 6.61 Å². The van der Waals surface area contributed by atoms with Crippen LogP contribution in [-0.2, 0) is 9.09 Å². The summed E-state index contributed by atoms with van der Waals surface area (Å²) in [4.78, 5) is 0. The van der Waals surface area contributed by atoms with E-state index >= 15 is 0 Å². The number of rotatable bonds is 5. The van der Waals surface area contributed by atoms with Crippen molar-refractivity contribution in [1.29, 1.82) is 0 Å². The third kappa shape index (κ3) is 5.17. The molecule has 2 nitrogen and oxygen atoms in total. The van der Waals surface area contributed by atoms with Gasteiger partial charge in [0.25, 0.3) is 0 Å². The van der Waals surface area contributed by atoms with Gasteiger partial charge in [-0.05, 0) is 17.6 Å². The quantitative estimate of drug-likeness (QED) is 0.496. The predicted molar refractivity (Wildman–Crippen MR) is 57.1 cm³/mol. The molecule has 13 heavy (non-hydrogen) atoms. The van der Waals surface area contributed by atoms with Gasteiger partial charge in [0.15, 0.2) is 5.31 Å². The Labute approximate surface area is 82.2 Å². The first-order chi connectivity index (χ1) is 5.89. The molecular formula is C10H20O2P+. The van der Waals surface area contributed by atoms with E-state index in [1.807, 2.05) is 20.8 Å². The monoisotopic (exact) mass is 203 g/mol. The first-order valence-electron chi connectivity index (χ1n) is 4.69. The minimum absolute atomic E-state index is 0.125. The largest absolute Gasteiger partial charge is 0.544 e. The first-order valence-corrected chi connectivity index (χ1v) is 5.87. The fourth-order valence-electron chi connectivity index (χ4n) is 0.644. The molecule has 0 bridgehead atoms. The van der Waals surface area contributed by atoms with E-state index in [-0.39, 0.29) is 5.41 Å². The van der Waals surface area contributed by atoms with E-state index in [2.05, 4.69) is 13.5 Å². The van der Waals surface area contributed by atoms with Crippen molar-refractivity contribution in [3.05, 3.63) is 11.9 Å². The van der Waals surface area contributed by atoms with Crippen molar-refractivity contribution in [3.63, 3.8) is 0 Å². The van der Waals surface area contributed by atoms with Gasteiger partial charge in [-0.3, -0.25) is 0 Å². The van der Waals surface area contributed by atoms with Crippen LogP contribution in [0.2, 0.25) is 0 Å². The normalized spacial score (nSPS) is 12.8. The van der Waals surface area contributed by atoms with Crippen LogP contribution >= 0.6 is 8.03 Å². The Morgan fingerprint density at radius 2 is 2.00 bits per heavy atom. The molecule has 0 amide bonds. The van der Waals surface area contributed by atoms with Crippen molar-refractivity contribution in [2.45, 2.75) is 40.5 Å². The minimum atomic E-state index is -1.69. The second kappa shape index (κ2) is 5.51. The van der Waals surface area contributed by atoms with Crippen molar-refractivity contribution in [3.8, 4) is 0 Å². The van der Waals surface area contributed by atoms with E-state index < -0.39 is 8.03 Å². The summed E-state index contributed by atoms with van der Waals surface area (Å²) in [6, 6.07) is 0. The molecule has 1 unspecified atom stereocenters. The maximum Gasteiger partial charge on any atom is 0.544 e. The maximum absolute atomic E-state index is 11.5. The molecule has 0 aromatic carbocycles. The Morgan fingerprint density at radius 1 is 1.46 bits per heavy atom. The molecule has 0 heterocycles. The molecule has 76 valence electrons. The number of allylic oxidation sites excluding steroid dienone is 1. The van der Waals surface area contributed by atoms with Crippen LogP contribution in [0, 0.1) is 5.41 Å². The highest BCUT2D eigenvalue weighted by molar-refractivity contribution is 7.44. The third-order valence-corrected chi connectivity index (χ3v) is 3.32. The molecule has 0 aromatic heterocycles.